The van der Waals surface area contributed by atoms with Gasteiger partial charge >= 0.3 is 0 Å². The standard InChI is InChI=1S/C23H27N3O3S/c1-18(11-12-19-7-3-2-4-8-19)25-23(27)20-13-15-26(16-14-20)30(28,29)22-10-6-5-9-21(22)17-24/h2-10,18,20H,11-16H2,1H3,(H,25,27). The average Bonchev–Trinajstić information content (AvgIpc) is 2.78. The minimum Gasteiger partial charge on any atom is -0.353 e. The molecule has 0 spiro atoms. The highest BCUT2D eigenvalue weighted by Gasteiger charge is 2.33. The Bertz CT molecular complexity index is 1010. The number of sulfonamides is 1. The van der Waals surface area contributed by atoms with Gasteiger partial charge in [0.25, 0.3) is 0 Å². The summed E-state index contributed by atoms with van der Waals surface area (Å²) in [6.45, 7) is 2.55. The summed E-state index contributed by atoms with van der Waals surface area (Å²) in [5.74, 6) is -0.202. The first-order chi connectivity index (χ1) is 14.4. The first-order valence-corrected chi connectivity index (χ1v) is 11.7. The predicted octanol–water partition coefficient (Wildman–Crippen LogP) is 3.10. The predicted molar refractivity (Wildman–Crippen MR) is 115 cm³/mol. The average molecular weight is 426 g/mol. The van der Waals surface area contributed by atoms with Crippen molar-refractivity contribution in [1.29, 1.82) is 5.26 Å². The molecule has 2 aromatic rings. The number of amides is 1. The van der Waals surface area contributed by atoms with Gasteiger partial charge in [-0.3, -0.25) is 4.79 Å². The highest BCUT2D eigenvalue weighted by atomic mass is 32.2. The van der Waals surface area contributed by atoms with Gasteiger partial charge in [0.2, 0.25) is 15.9 Å². The van der Waals surface area contributed by atoms with E-state index in [9.17, 15) is 18.5 Å². The minimum atomic E-state index is -3.74. The molecule has 1 unspecified atom stereocenters. The van der Waals surface area contributed by atoms with E-state index >= 15 is 0 Å². The Labute approximate surface area is 178 Å². The summed E-state index contributed by atoms with van der Waals surface area (Å²) in [6.07, 6.45) is 2.71. The van der Waals surface area contributed by atoms with Crippen LogP contribution in [-0.2, 0) is 21.2 Å². The molecule has 1 atom stereocenters. The maximum Gasteiger partial charge on any atom is 0.244 e. The van der Waals surface area contributed by atoms with Crippen molar-refractivity contribution in [2.24, 2.45) is 5.92 Å². The second kappa shape index (κ2) is 9.88. The summed E-state index contributed by atoms with van der Waals surface area (Å²) in [4.78, 5) is 12.7. The van der Waals surface area contributed by atoms with E-state index in [4.69, 9.17) is 0 Å². The number of hydrogen-bond acceptors (Lipinski definition) is 4. The van der Waals surface area contributed by atoms with Crippen LogP contribution in [-0.4, -0.2) is 37.8 Å². The van der Waals surface area contributed by atoms with E-state index in [-0.39, 0.29) is 41.4 Å². The number of aryl methyl sites for hydroxylation is 1. The van der Waals surface area contributed by atoms with Gasteiger partial charge in [0.05, 0.1) is 10.5 Å². The van der Waals surface area contributed by atoms with Gasteiger partial charge in [-0.2, -0.15) is 9.57 Å². The van der Waals surface area contributed by atoms with Crippen molar-refractivity contribution in [2.75, 3.05) is 13.1 Å². The van der Waals surface area contributed by atoms with E-state index in [0.29, 0.717) is 12.8 Å². The minimum absolute atomic E-state index is 0.00923. The SMILES string of the molecule is CC(CCc1ccccc1)NC(=O)C1CCN(S(=O)(=O)c2ccccc2C#N)CC1. The summed E-state index contributed by atoms with van der Waals surface area (Å²) >= 11 is 0. The molecular weight excluding hydrogens is 398 g/mol. The van der Waals surface area contributed by atoms with Crippen molar-refractivity contribution >= 4 is 15.9 Å². The van der Waals surface area contributed by atoms with Crippen LogP contribution < -0.4 is 5.32 Å². The molecule has 0 saturated carbocycles. The van der Waals surface area contributed by atoms with Gasteiger partial charge in [-0.1, -0.05) is 42.5 Å². The zero-order valence-corrected chi connectivity index (χ0v) is 17.9. The molecule has 1 aliphatic rings. The van der Waals surface area contributed by atoms with E-state index in [0.717, 1.165) is 12.8 Å². The van der Waals surface area contributed by atoms with E-state index < -0.39 is 10.0 Å². The van der Waals surface area contributed by atoms with Crippen molar-refractivity contribution in [3.63, 3.8) is 0 Å². The van der Waals surface area contributed by atoms with E-state index in [2.05, 4.69) is 17.4 Å². The lowest BCUT2D eigenvalue weighted by molar-refractivity contribution is -0.126. The number of carbonyl (C=O) groups is 1. The molecule has 30 heavy (non-hydrogen) atoms. The van der Waals surface area contributed by atoms with Crippen LogP contribution in [0.4, 0.5) is 0 Å². The summed E-state index contributed by atoms with van der Waals surface area (Å²) in [5.41, 5.74) is 1.39. The normalized spacial score (nSPS) is 16.5. The smallest absolute Gasteiger partial charge is 0.244 e. The number of rotatable bonds is 7. The van der Waals surface area contributed by atoms with Crippen LogP contribution >= 0.6 is 0 Å². The van der Waals surface area contributed by atoms with Crippen LogP contribution in [0.25, 0.3) is 0 Å². The maximum absolute atomic E-state index is 12.9. The Morgan fingerprint density at radius 3 is 2.43 bits per heavy atom. The zero-order chi connectivity index (χ0) is 21.6. The zero-order valence-electron chi connectivity index (χ0n) is 17.1. The second-order valence-corrected chi connectivity index (χ2v) is 9.63. The third-order valence-electron chi connectivity index (χ3n) is 5.55. The molecule has 2 aromatic carbocycles. The van der Waals surface area contributed by atoms with E-state index in [1.165, 1.54) is 22.0 Å². The summed E-state index contributed by atoms with van der Waals surface area (Å²) in [5, 5.41) is 12.3. The molecule has 1 heterocycles. The van der Waals surface area contributed by atoms with Crippen molar-refractivity contribution < 1.29 is 13.2 Å². The van der Waals surface area contributed by atoms with E-state index in [1.807, 2.05) is 31.2 Å². The molecule has 1 fully saturated rings. The van der Waals surface area contributed by atoms with Crippen molar-refractivity contribution in [1.82, 2.24) is 9.62 Å². The Morgan fingerprint density at radius 1 is 1.13 bits per heavy atom. The second-order valence-electron chi connectivity index (χ2n) is 7.72. The molecule has 1 saturated heterocycles. The molecule has 0 aromatic heterocycles. The Balaban J connectivity index is 1.52. The largest absolute Gasteiger partial charge is 0.353 e. The lowest BCUT2D eigenvalue weighted by atomic mass is 9.96. The first-order valence-electron chi connectivity index (χ1n) is 10.3. The lowest BCUT2D eigenvalue weighted by Crippen LogP contribution is -2.45. The van der Waals surface area contributed by atoms with E-state index in [1.54, 1.807) is 12.1 Å². The van der Waals surface area contributed by atoms with Crippen LogP contribution in [0.1, 0.15) is 37.3 Å². The Kier molecular flexibility index (Phi) is 7.24. The molecule has 7 heteroatoms. The van der Waals surface area contributed by atoms with Gasteiger partial charge in [-0.25, -0.2) is 8.42 Å². The summed E-state index contributed by atoms with van der Waals surface area (Å²) in [6, 6.07) is 18.4. The number of benzene rings is 2. The van der Waals surface area contributed by atoms with Crippen LogP contribution in [0, 0.1) is 17.2 Å². The first kappa shape index (κ1) is 22.0. The number of piperidine rings is 1. The number of nitrogens with one attached hydrogen (secondary N) is 1. The highest BCUT2D eigenvalue weighted by Crippen LogP contribution is 2.26. The van der Waals surface area contributed by atoms with Crippen molar-refractivity contribution in [3.8, 4) is 6.07 Å². The maximum atomic E-state index is 12.9. The topological polar surface area (TPSA) is 90.3 Å². The van der Waals surface area contributed by atoms with Crippen LogP contribution in [0.3, 0.4) is 0 Å². The fourth-order valence-corrected chi connectivity index (χ4v) is 5.35. The van der Waals surface area contributed by atoms with Gasteiger partial charge in [0.1, 0.15) is 6.07 Å². The lowest BCUT2D eigenvalue weighted by Gasteiger charge is -2.31. The van der Waals surface area contributed by atoms with Crippen LogP contribution in [0.5, 0.6) is 0 Å². The third-order valence-corrected chi connectivity index (χ3v) is 7.50. The van der Waals surface area contributed by atoms with Gasteiger partial charge in [-0.05, 0) is 50.3 Å². The Hall–Kier alpha value is -2.69. The molecule has 1 amide bonds. The van der Waals surface area contributed by atoms with Gasteiger partial charge < -0.3 is 5.32 Å². The third kappa shape index (κ3) is 5.26. The molecular formula is C23H27N3O3S. The quantitative estimate of drug-likeness (QED) is 0.738. The van der Waals surface area contributed by atoms with Gasteiger partial charge in [0, 0.05) is 25.0 Å². The van der Waals surface area contributed by atoms with Crippen LogP contribution in [0.2, 0.25) is 0 Å². The molecule has 0 radical (unpaired) electrons. The molecule has 6 nitrogen and oxygen atoms in total. The fraction of sp³-hybridized carbons (Fsp3) is 0.391. The molecule has 158 valence electrons. The summed E-state index contributed by atoms with van der Waals surface area (Å²) in [7, 11) is -3.74. The molecule has 0 bridgehead atoms. The summed E-state index contributed by atoms with van der Waals surface area (Å²) < 4.78 is 27.2. The Morgan fingerprint density at radius 2 is 1.77 bits per heavy atom. The van der Waals surface area contributed by atoms with Crippen molar-refractivity contribution in [2.45, 2.75) is 43.5 Å². The van der Waals surface area contributed by atoms with Gasteiger partial charge in [-0.15, -0.1) is 0 Å². The molecule has 3 rings (SSSR count). The highest BCUT2D eigenvalue weighted by molar-refractivity contribution is 7.89. The number of nitrogens with zero attached hydrogens (tertiary/aromatic N) is 2. The number of carbonyl (C=O) groups excluding carboxylic acids is 1. The number of nitriles is 1. The van der Waals surface area contributed by atoms with Crippen LogP contribution in [0.15, 0.2) is 59.5 Å². The monoisotopic (exact) mass is 425 g/mol. The van der Waals surface area contributed by atoms with Crippen molar-refractivity contribution in [3.05, 3.63) is 65.7 Å². The fourth-order valence-electron chi connectivity index (χ4n) is 3.74. The number of hydrogen-bond donors (Lipinski definition) is 1. The molecule has 1 N–H and O–H groups in total. The van der Waals surface area contributed by atoms with Gasteiger partial charge in [0.15, 0.2) is 0 Å². The molecule has 0 aliphatic carbocycles. The molecule has 1 aliphatic heterocycles.